The molecule has 33 heavy (non-hydrogen) atoms. The molecule has 0 aliphatic carbocycles. The van der Waals surface area contributed by atoms with Gasteiger partial charge in [0, 0.05) is 24.4 Å². The van der Waals surface area contributed by atoms with E-state index in [1.807, 2.05) is 0 Å². The first-order valence-electron chi connectivity index (χ1n) is 11.7. The van der Waals surface area contributed by atoms with E-state index in [2.05, 4.69) is 16.9 Å². The van der Waals surface area contributed by atoms with Gasteiger partial charge in [-0.2, -0.15) is 0 Å². The first kappa shape index (κ1) is 24.7. The molecule has 176 valence electrons. The first-order chi connectivity index (χ1) is 16.0. The largest absolute Gasteiger partial charge is 0.491 e. The summed E-state index contributed by atoms with van der Waals surface area (Å²) < 4.78 is 47.8. The monoisotopic (exact) mass is 456 g/mol. The van der Waals surface area contributed by atoms with Gasteiger partial charge in [-0.15, -0.1) is 0 Å². The van der Waals surface area contributed by atoms with Crippen molar-refractivity contribution < 1.29 is 17.9 Å². The summed E-state index contributed by atoms with van der Waals surface area (Å²) >= 11 is 0. The molecule has 6 heteroatoms. The summed E-state index contributed by atoms with van der Waals surface area (Å²) in [5.74, 6) is -1.29. The van der Waals surface area contributed by atoms with E-state index in [1.165, 1.54) is 38.7 Å². The normalized spacial score (nSPS) is 11.1. The Labute approximate surface area is 194 Å². The summed E-state index contributed by atoms with van der Waals surface area (Å²) in [4.78, 5) is 8.60. The van der Waals surface area contributed by atoms with E-state index in [-0.39, 0.29) is 11.3 Å². The van der Waals surface area contributed by atoms with E-state index >= 15 is 0 Å². The molecule has 0 amide bonds. The van der Waals surface area contributed by atoms with E-state index < -0.39 is 17.5 Å². The van der Waals surface area contributed by atoms with Crippen molar-refractivity contribution in [3.05, 3.63) is 77.1 Å². The Kier molecular flexibility index (Phi) is 9.28. The summed E-state index contributed by atoms with van der Waals surface area (Å²) in [5.41, 5.74) is 1.90. The maximum Gasteiger partial charge on any atom is 0.165 e. The minimum atomic E-state index is -0.819. The van der Waals surface area contributed by atoms with E-state index in [0.29, 0.717) is 42.0 Å². The molecule has 0 radical (unpaired) electrons. The zero-order valence-corrected chi connectivity index (χ0v) is 19.3. The Morgan fingerprint density at radius 3 is 2.24 bits per heavy atom. The molecule has 2 aromatic carbocycles. The molecule has 3 aromatic rings. The number of halogens is 3. The molecular weight excluding hydrogens is 425 g/mol. The number of ether oxygens (including phenoxy) is 1. The highest BCUT2D eigenvalue weighted by molar-refractivity contribution is 5.62. The lowest BCUT2D eigenvalue weighted by Crippen LogP contribution is -2.02. The van der Waals surface area contributed by atoms with Gasteiger partial charge in [-0.1, -0.05) is 57.2 Å². The van der Waals surface area contributed by atoms with Crippen LogP contribution < -0.4 is 4.74 Å². The van der Waals surface area contributed by atoms with Crippen molar-refractivity contribution in [3.63, 3.8) is 0 Å². The van der Waals surface area contributed by atoms with E-state index in [4.69, 9.17) is 4.74 Å². The van der Waals surface area contributed by atoms with Crippen molar-refractivity contribution in [3.8, 4) is 16.9 Å². The maximum atomic E-state index is 14.5. The topological polar surface area (TPSA) is 35.0 Å². The molecule has 3 rings (SSSR count). The summed E-state index contributed by atoms with van der Waals surface area (Å²) in [5, 5.41) is 0. The van der Waals surface area contributed by atoms with Gasteiger partial charge in [-0.25, -0.2) is 23.1 Å². The number of nitrogens with zero attached hydrogens (tertiary/aromatic N) is 2. The van der Waals surface area contributed by atoms with Gasteiger partial charge < -0.3 is 4.74 Å². The Balaban J connectivity index is 1.53. The molecule has 0 saturated carbocycles. The van der Waals surface area contributed by atoms with Gasteiger partial charge in [-0.3, -0.25) is 0 Å². The second-order valence-electron chi connectivity index (χ2n) is 8.32. The quantitative estimate of drug-likeness (QED) is 0.267. The van der Waals surface area contributed by atoms with E-state index in [9.17, 15) is 13.2 Å². The van der Waals surface area contributed by atoms with Gasteiger partial charge in [0.2, 0.25) is 0 Å². The second kappa shape index (κ2) is 12.4. The van der Waals surface area contributed by atoms with E-state index in [0.717, 1.165) is 12.8 Å². The third kappa shape index (κ3) is 7.04. The molecule has 0 aliphatic rings. The van der Waals surface area contributed by atoms with Crippen LogP contribution in [0.5, 0.6) is 5.75 Å². The molecule has 0 bridgehead atoms. The van der Waals surface area contributed by atoms with Crippen LogP contribution in [0.3, 0.4) is 0 Å². The molecule has 0 fully saturated rings. The van der Waals surface area contributed by atoms with Gasteiger partial charge in [0.1, 0.15) is 5.82 Å². The predicted molar refractivity (Wildman–Crippen MR) is 125 cm³/mol. The number of aromatic nitrogens is 2. The number of aryl methyl sites for hydroxylation is 3. The molecular formula is C27H31F3N2O. The number of unbranched alkanes of at least 4 members (excludes halogenated alkanes) is 5. The van der Waals surface area contributed by atoms with Crippen LogP contribution in [0.15, 0.2) is 42.7 Å². The van der Waals surface area contributed by atoms with E-state index in [1.54, 1.807) is 36.7 Å². The van der Waals surface area contributed by atoms with Gasteiger partial charge in [0.05, 0.1) is 6.61 Å². The molecule has 0 N–H and O–H groups in total. The fraction of sp³-hybridized carbons (Fsp3) is 0.407. The highest BCUT2D eigenvalue weighted by atomic mass is 19.2. The number of benzene rings is 2. The Hall–Kier alpha value is -2.89. The van der Waals surface area contributed by atoms with Gasteiger partial charge in [0.15, 0.2) is 23.2 Å². The summed E-state index contributed by atoms with van der Waals surface area (Å²) in [6, 6.07) is 7.97. The van der Waals surface area contributed by atoms with Gasteiger partial charge in [-0.05, 0) is 48.6 Å². The average molecular weight is 457 g/mol. The molecule has 0 atom stereocenters. The fourth-order valence-corrected chi connectivity index (χ4v) is 3.62. The highest BCUT2D eigenvalue weighted by Gasteiger charge is 2.12. The van der Waals surface area contributed by atoms with Gasteiger partial charge >= 0.3 is 0 Å². The average Bonchev–Trinajstić information content (AvgIpc) is 2.83. The summed E-state index contributed by atoms with van der Waals surface area (Å²) in [6.07, 6.45) is 10.8. The van der Waals surface area contributed by atoms with Crippen LogP contribution >= 0.6 is 0 Å². The van der Waals surface area contributed by atoms with Crippen LogP contribution in [0.1, 0.15) is 62.4 Å². The van der Waals surface area contributed by atoms with Crippen LogP contribution in [0.4, 0.5) is 13.2 Å². The maximum absolute atomic E-state index is 14.5. The Morgan fingerprint density at radius 1 is 0.788 bits per heavy atom. The lowest BCUT2D eigenvalue weighted by Gasteiger charge is -2.09. The Bertz CT molecular complexity index is 1040. The van der Waals surface area contributed by atoms with Gasteiger partial charge in [0.25, 0.3) is 0 Å². The summed E-state index contributed by atoms with van der Waals surface area (Å²) in [7, 11) is 0. The molecule has 0 aliphatic heterocycles. The van der Waals surface area contributed by atoms with Crippen molar-refractivity contribution >= 4 is 0 Å². The molecule has 0 unspecified atom stereocenters. The van der Waals surface area contributed by atoms with Crippen molar-refractivity contribution in [2.75, 3.05) is 6.61 Å². The molecule has 0 saturated heterocycles. The Morgan fingerprint density at radius 2 is 1.52 bits per heavy atom. The van der Waals surface area contributed by atoms with Crippen LogP contribution in [-0.4, -0.2) is 16.6 Å². The van der Waals surface area contributed by atoms with Crippen molar-refractivity contribution in [1.29, 1.82) is 0 Å². The van der Waals surface area contributed by atoms with Crippen molar-refractivity contribution in [2.45, 2.75) is 65.2 Å². The highest BCUT2D eigenvalue weighted by Crippen LogP contribution is 2.25. The third-order valence-electron chi connectivity index (χ3n) is 5.70. The molecule has 3 nitrogen and oxygen atoms in total. The van der Waals surface area contributed by atoms with Crippen molar-refractivity contribution in [2.24, 2.45) is 0 Å². The second-order valence-corrected chi connectivity index (χ2v) is 8.32. The molecule has 1 aromatic heterocycles. The number of hydrogen-bond donors (Lipinski definition) is 0. The zero-order chi connectivity index (χ0) is 23.6. The van der Waals surface area contributed by atoms with Crippen LogP contribution in [0.2, 0.25) is 0 Å². The zero-order valence-electron chi connectivity index (χ0n) is 19.3. The minimum absolute atomic E-state index is 0.247. The molecule has 1 heterocycles. The van der Waals surface area contributed by atoms with Crippen LogP contribution in [0.25, 0.3) is 11.1 Å². The van der Waals surface area contributed by atoms with Crippen LogP contribution in [0, 0.1) is 24.4 Å². The lowest BCUT2D eigenvalue weighted by atomic mass is 10.1. The first-order valence-corrected chi connectivity index (χ1v) is 11.7. The van der Waals surface area contributed by atoms with Crippen LogP contribution in [-0.2, 0) is 12.8 Å². The smallest absolute Gasteiger partial charge is 0.165 e. The van der Waals surface area contributed by atoms with Crippen molar-refractivity contribution in [1.82, 2.24) is 9.97 Å². The fourth-order valence-electron chi connectivity index (χ4n) is 3.62. The minimum Gasteiger partial charge on any atom is -0.491 e. The summed E-state index contributed by atoms with van der Waals surface area (Å²) in [6.45, 7) is 4.22. The predicted octanol–water partition coefficient (Wildman–Crippen LogP) is 7.39. The number of rotatable bonds is 12. The SMILES string of the molecule is CCCCCCCCOc1ccc(-c2cnc(CCc3ccc(C)c(F)c3F)nc2)cc1F. The lowest BCUT2D eigenvalue weighted by molar-refractivity contribution is 0.290. The standard InChI is InChI=1S/C27H31F3N2O/c1-3-4-5-6-7-8-15-33-24-13-11-21(16-23(24)28)22-17-31-25(32-18-22)14-12-20-10-9-19(2)26(29)27(20)30/h9-11,13,16-18H,3-8,12,14-15H2,1-2H3. The third-order valence-corrected chi connectivity index (χ3v) is 5.70. The number of hydrogen-bond acceptors (Lipinski definition) is 3. The molecule has 0 spiro atoms.